The Labute approximate surface area is 175 Å². The monoisotopic (exact) mass is 484 g/mol. The van der Waals surface area contributed by atoms with Crippen molar-refractivity contribution in [2.45, 2.75) is 69.9 Å². The summed E-state index contributed by atoms with van der Waals surface area (Å²) in [6.45, 7) is -1.14. The van der Waals surface area contributed by atoms with Crippen LogP contribution in [0.5, 0.6) is 0 Å². The average Bonchev–Trinajstić information content (AvgIpc) is 3.08. The van der Waals surface area contributed by atoms with Gasteiger partial charge < -0.3 is 5.11 Å². The molecule has 164 valence electrons. The van der Waals surface area contributed by atoms with Gasteiger partial charge in [0.15, 0.2) is 5.78 Å². The van der Waals surface area contributed by atoms with Crippen molar-refractivity contribution in [2.24, 2.45) is 35.0 Å². The first-order valence-electron chi connectivity index (χ1n) is 10.5. The molecule has 0 aromatic rings. The summed E-state index contributed by atoms with van der Waals surface area (Å²) in [6, 6.07) is 0. The number of alkyl halides is 5. The largest absolute Gasteiger partial charge is 0.453 e. The molecule has 4 aliphatic rings. The van der Waals surface area contributed by atoms with Crippen molar-refractivity contribution in [2.75, 3.05) is 6.61 Å². The van der Waals surface area contributed by atoms with Crippen LogP contribution in [0, 0.1) is 35.0 Å². The second-order valence-electron chi connectivity index (χ2n) is 9.40. The van der Waals surface area contributed by atoms with Gasteiger partial charge in [0.25, 0.3) is 0 Å². The summed E-state index contributed by atoms with van der Waals surface area (Å²) >= 11 is 3.43. The van der Waals surface area contributed by atoms with E-state index in [0.29, 0.717) is 49.4 Å². The Morgan fingerprint density at radius 3 is 2.41 bits per heavy atom. The molecule has 0 heterocycles. The van der Waals surface area contributed by atoms with E-state index in [4.69, 9.17) is 0 Å². The highest BCUT2D eigenvalue weighted by Gasteiger charge is 2.70. The van der Waals surface area contributed by atoms with E-state index in [1.165, 1.54) is 0 Å². The molecule has 0 aromatic heterocycles. The highest BCUT2D eigenvalue weighted by atomic mass is 79.9. The summed E-state index contributed by atoms with van der Waals surface area (Å²) in [5, 5.41) is 9.74. The normalized spacial score (nSPS) is 39.1. The third kappa shape index (κ3) is 3.14. The Morgan fingerprint density at radius 1 is 1.03 bits per heavy atom. The molecule has 4 rings (SSSR count). The molecule has 4 aliphatic carbocycles. The number of halogens is 6. The molecule has 0 bridgehead atoms. The molecule has 3 fully saturated rings. The number of ketones is 1. The van der Waals surface area contributed by atoms with Crippen molar-refractivity contribution in [1.82, 2.24) is 0 Å². The molecule has 0 spiro atoms. The Morgan fingerprint density at radius 2 is 1.76 bits per heavy atom. The second kappa shape index (κ2) is 7.28. The maximum atomic E-state index is 14.5. The third-order valence-electron chi connectivity index (χ3n) is 8.52. The number of hydrogen-bond acceptors (Lipinski definition) is 2. The number of rotatable bonds is 3. The summed E-state index contributed by atoms with van der Waals surface area (Å²) in [6.07, 6.45) is -0.537. The number of carbonyl (C=O) groups excluding carboxylic acids is 1. The second-order valence-corrected chi connectivity index (χ2v) is 10.2. The highest BCUT2D eigenvalue weighted by molar-refractivity contribution is 9.12. The van der Waals surface area contributed by atoms with E-state index < -0.39 is 30.0 Å². The van der Waals surface area contributed by atoms with E-state index in [-0.39, 0.29) is 29.5 Å². The standard InChI is InChI=1S/C21H26BrF5O2/c22-18-14-4-3-13-12(11(14)5-6-16(18)29)7-9-19(8-1-2-15(13)19)17(10-28)20(23,24)21(25,26)27/h11-13,15,17,28H,1-10H2/t11-,12-,13-,15+,17?,19?/m1/s1. The zero-order chi connectivity index (χ0) is 21.2. The van der Waals surface area contributed by atoms with Crippen LogP contribution < -0.4 is 0 Å². The van der Waals surface area contributed by atoms with Gasteiger partial charge in [-0.15, -0.1) is 0 Å². The molecule has 2 unspecified atom stereocenters. The smallest absolute Gasteiger partial charge is 0.396 e. The summed E-state index contributed by atoms with van der Waals surface area (Å²) in [5.74, 6) is -6.55. The van der Waals surface area contributed by atoms with Crippen LogP contribution in [0.3, 0.4) is 0 Å². The van der Waals surface area contributed by atoms with Crippen molar-refractivity contribution >= 4 is 21.7 Å². The molecule has 2 nitrogen and oxygen atoms in total. The number of aliphatic hydroxyl groups excluding tert-OH is 1. The van der Waals surface area contributed by atoms with Crippen LogP contribution in [-0.4, -0.2) is 29.6 Å². The summed E-state index contributed by atoms with van der Waals surface area (Å²) in [7, 11) is 0. The molecule has 0 amide bonds. The first-order valence-corrected chi connectivity index (χ1v) is 11.3. The average molecular weight is 485 g/mol. The maximum Gasteiger partial charge on any atom is 0.453 e. The Kier molecular flexibility index (Phi) is 5.45. The number of Topliss-reactive ketones (excluding diaryl/α,β-unsaturated/α-hetero) is 1. The molecule has 29 heavy (non-hydrogen) atoms. The Bertz CT molecular complexity index is 718. The van der Waals surface area contributed by atoms with E-state index in [0.717, 1.165) is 18.4 Å². The van der Waals surface area contributed by atoms with Gasteiger partial charge in [-0.2, -0.15) is 22.0 Å². The van der Waals surface area contributed by atoms with Crippen LogP contribution in [-0.2, 0) is 4.79 Å². The highest BCUT2D eigenvalue weighted by Crippen LogP contribution is 2.67. The van der Waals surface area contributed by atoms with Gasteiger partial charge in [0.2, 0.25) is 0 Å². The van der Waals surface area contributed by atoms with Crippen LogP contribution in [0.1, 0.15) is 57.8 Å². The number of aliphatic hydroxyl groups is 1. The number of carbonyl (C=O) groups is 1. The van der Waals surface area contributed by atoms with Gasteiger partial charge in [-0.3, -0.25) is 4.79 Å². The minimum absolute atomic E-state index is 0.0894. The SMILES string of the molecule is O=C1CC[C@H]2C(=C1Br)CC[C@@H]1[C@@H]2CCC2(C(CO)C(F)(F)C(F)(F)F)CCC[C@@H]12. The zero-order valence-electron chi connectivity index (χ0n) is 16.1. The van der Waals surface area contributed by atoms with E-state index in [2.05, 4.69) is 15.9 Å². The van der Waals surface area contributed by atoms with Crippen molar-refractivity contribution < 1.29 is 31.9 Å². The number of fused-ring (bicyclic) bond motifs is 5. The first kappa shape index (κ1) is 21.7. The maximum absolute atomic E-state index is 14.5. The molecule has 3 saturated carbocycles. The minimum Gasteiger partial charge on any atom is -0.396 e. The van der Waals surface area contributed by atoms with Gasteiger partial charge in [-0.1, -0.05) is 6.42 Å². The predicted molar refractivity (Wildman–Crippen MR) is 100 cm³/mol. The molecule has 6 atom stereocenters. The topological polar surface area (TPSA) is 37.3 Å². The molecule has 0 aliphatic heterocycles. The predicted octanol–water partition coefficient (Wildman–Crippen LogP) is 6.03. The Balaban J connectivity index is 1.67. The van der Waals surface area contributed by atoms with Crippen LogP contribution >= 0.6 is 15.9 Å². The third-order valence-corrected chi connectivity index (χ3v) is 9.47. The van der Waals surface area contributed by atoms with E-state index in [9.17, 15) is 31.9 Å². The molecular formula is C21H26BrF5O2. The van der Waals surface area contributed by atoms with E-state index in [1.54, 1.807) is 0 Å². The molecule has 0 radical (unpaired) electrons. The summed E-state index contributed by atoms with van der Waals surface area (Å²) in [5.41, 5.74) is -0.0370. The lowest BCUT2D eigenvalue weighted by Gasteiger charge is -2.56. The lowest BCUT2D eigenvalue weighted by Crippen LogP contribution is -2.57. The number of allylic oxidation sites excluding steroid dienone is 1. The van der Waals surface area contributed by atoms with Crippen LogP contribution in [0.15, 0.2) is 10.1 Å². The van der Waals surface area contributed by atoms with Crippen molar-refractivity contribution in [3.05, 3.63) is 10.1 Å². The molecule has 1 N–H and O–H groups in total. The fraction of sp³-hybridized carbons (Fsp3) is 0.857. The zero-order valence-corrected chi connectivity index (χ0v) is 17.7. The van der Waals surface area contributed by atoms with Gasteiger partial charge >= 0.3 is 12.1 Å². The molecule has 0 aromatic carbocycles. The van der Waals surface area contributed by atoms with Gasteiger partial charge in [0.05, 0.1) is 17.0 Å². The van der Waals surface area contributed by atoms with Gasteiger partial charge in [-0.25, -0.2) is 0 Å². The van der Waals surface area contributed by atoms with Gasteiger partial charge in [0, 0.05) is 6.42 Å². The van der Waals surface area contributed by atoms with Crippen molar-refractivity contribution in [3.8, 4) is 0 Å². The molecule has 8 heteroatoms. The van der Waals surface area contributed by atoms with Gasteiger partial charge in [-0.05, 0) is 95.5 Å². The lowest BCUT2D eigenvalue weighted by atomic mass is 9.49. The summed E-state index contributed by atoms with van der Waals surface area (Å²) in [4.78, 5) is 12.1. The van der Waals surface area contributed by atoms with E-state index >= 15 is 0 Å². The first-order chi connectivity index (χ1) is 13.5. The van der Waals surface area contributed by atoms with Gasteiger partial charge in [0.1, 0.15) is 0 Å². The fourth-order valence-electron chi connectivity index (χ4n) is 7.40. The van der Waals surface area contributed by atoms with Crippen molar-refractivity contribution in [1.29, 1.82) is 0 Å². The lowest BCUT2D eigenvalue weighted by molar-refractivity contribution is -0.326. The van der Waals surface area contributed by atoms with Crippen LogP contribution in [0.4, 0.5) is 22.0 Å². The minimum atomic E-state index is -5.66. The van der Waals surface area contributed by atoms with Crippen molar-refractivity contribution in [3.63, 3.8) is 0 Å². The Hall–Kier alpha value is -0.500. The van der Waals surface area contributed by atoms with E-state index in [1.807, 2.05) is 0 Å². The summed E-state index contributed by atoms with van der Waals surface area (Å²) < 4.78 is 69.2. The van der Waals surface area contributed by atoms with Crippen LogP contribution in [0.25, 0.3) is 0 Å². The number of hydrogen-bond donors (Lipinski definition) is 1. The molecule has 0 saturated heterocycles. The fourth-order valence-corrected chi connectivity index (χ4v) is 8.09. The van der Waals surface area contributed by atoms with Crippen LogP contribution in [0.2, 0.25) is 0 Å². The molecular weight excluding hydrogens is 459 g/mol. The quantitative estimate of drug-likeness (QED) is 0.496.